The van der Waals surface area contributed by atoms with Crippen LogP contribution in [0.15, 0.2) is 47.4 Å². The molecule has 1 saturated heterocycles. The summed E-state index contributed by atoms with van der Waals surface area (Å²) in [6.07, 6.45) is 0. The van der Waals surface area contributed by atoms with Crippen molar-refractivity contribution in [2.75, 3.05) is 46.5 Å². The summed E-state index contributed by atoms with van der Waals surface area (Å²) in [5.41, 5.74) is 0.453. The average Bonchev–Trinajstić information content (AvgIpc) is 2.72. The van der Waals surface area contributed by atoms with E-state index >= 15 is 0 Å². The highest BCUT2D eigenvalue weighted by molar-refractivity contribution is 7.89. The Kier molecular flexibility index (Phi) is 7.48. The van der Waals surface area contributed by atoms with Gasteiger partial charge >= 0.3 is 0 Å². The highest BCUT2D eigenvalue weighted by Crippen LogP contribution is 2.22. The highest BCUT2D eigenvalue weighted by atomic mass is 35.5. The number of likely N-dealkylation sites (N-methyl/N-ethyl adjacent to an activating group) is 1. The first kappa shape index (κ1) is 22.0. The number of benzene rings is 2. The van der Waals surface area contributed by atoms with Crippen LogP contribution in [0, 0.1) is 5.82 Å². The molecule has 0 aromatic heterocycles. The van der Waals surface area contributed by atoms with Crippen LogP contribution in [0.4, 0.5) is 4.39 Å². The molecule has 0 bridgehead atoms. The maximum absolute atomic E-state index is 13.9. The van der Waals surface area contributed by atoms with Crippen molar-refractivity contribution in [3.8, 4) is 5.75 Å². The number of morpholine rings is 1. The zero-order chi connectivity index (χ0) is 20.9. The van der Waals surface area contributed by atoms with E-state index in [0.717, 1.165) is 0 Å². The molecule has 0 saturated carbocycles. The SMILES string of the molecule is CN(CCOc1ccc(S(=O)(=O)N2CCOCC2)cc1)Cc1c(F)cccc1Cl. The Bertz CT molecular complexity index is 898. The predicted octanol–water partition coefficient (Wildman–Crippen LogP) is 3.01. The Morgan fingerprint density at radius 2 is 1.86 bits per heavy atom. The number of sulfonamides is 1. The number of hydrogen-bond donors (Lipinski definition) is 0. The van der Waals surface area contributed by atoms with Crippen LogP contribution in [0.2, 0.25) is 5.02 Å². The van der Waals surface area contributed by atoms with Crippen molar-refractivity contribution in [1.82, 2.24) is 9.21 Å². The summed E-state index contributed by atoms with van der Waals surface area (Å²) in [4.78, 5) is 2.14. The standard InChI is InChI=1S/C20H24ClFN2O4S/c1-23(15-18-19(21)3-2-4-20(18)22)9-14-28-16-5-7-17(8-6-16)29(25,26)24-10-12-27-13-11-24/h2-8H,9-15H2,1H3. The van der Waals surface area contributed by atoms with E-state index in [1.807, 2.05) is 11.9 Å². The van der Waals surface area contributed by atoms with Gasteiger partial charge < -0.3 is 9.47 Å². The molecule has 3 rings (SSSR count). The average molecular weight is 443 g/mol. The third-order valence-corrected chi connectivity index (χ3v) is 6.93. The molecule has 0 spiro atoms. The lowest BCUT2D eigenvalue weighted by atomic mass is 10.2. The first-order valence-corrected chi connectivity index (χ1v) is 11.1. The molecule has 0 radical (unpaired) electrons. The number of halogens is 2. The number of rotatable bonds is 8. The molecule has 0 unspecified atom stereocenters. The van der Waals surface area contributed by atoms with Gasteiger partial charge in [-0.05, 0) is 43.4 Å². The molecule has 29 heavy (non-hydrogen) atoms. The van der Waals surface area contributed by atoms with Crippen molar-refractivity contribution in [1.29, 1.82) is 0 Å². The van der Waals surface area contributed by atoms with E-state index in [1.165, 1.54) is 10.4 Å². The van der Waals surface area contributed by atoms with Crippen molar-refractivity contribution >= 4 is 21.6 Å². The van der Waals surface area contributed by atoms with Crippen LogP contribution in [0.1, 0.15) is 5.56 Å². The minimum Gasteiger partial charge on any atom is -0.492 e. The molecule has 158 valence electrons. The Morgan fingerprint density at radius 3 is 2.52 bits per heavy atom. The van der Waals surface area contributed by atoms with Gasteiger partial charge in [0.05, 0.1) is 18.1 Å². The minimum atomic E-state index is -3.51. The molecular weight excluding hydrogens is 419 g/mol. The fraction of sp³-hybridized carbons (Fsp3) is 0.400. The van der Waals surface area contributed by atoms with Gasteiger partial charge in [-0.15, -0.1) is 0 Å². The minimum absolute atomic E-state index is 0.234. The zero-order valence-corrected chi connectivity index (χ0v) is 17.8. The normalized spacial score (nSPS) is 15.6. The largest absolute Gasteiger partial charge is 0.492 e. The van der Waals surface area contributed by atoms with Crippen molar-refractivity contribution in [2.45, 2.75) is 11.4 Å². The van der Waals surface area contributed by atoms with Gasteiger partial charge in [-0.2, -0.15) is 4.31 Å². The first-order valence-electron chi connectivity index (χ1n) is 9.30. The summed E-state index contributed by atoms with van der Waals surface area (Å²) in [5.74, 6) is 0.241. The lowest BCUT2D eigenvalue weighted by Crippen LogP contribution is -2.40. The fourth-order valence-electron chi connectivity index (χ4n) is 3.00. The van der Waals surface area contributed by atoms with Gasteiger partial charge in [0.2, 0.25) is 10.0 Å². The van der Waals surface area contributed by atoms with E-state index in [4.69, 9.17) is 21.1 Å². The quantitative estimate of drug-likeness (QED) is 0.629. The summed E-state index contributed by atoms with van der Waals surface area (Å²) in [6.45, 7) is 2.83. The second-order valence-electron chi connectivity index (χ2n) is 6.77. The lowest BCUT2D eigenvalue weighted by Gasteiger charge is -2.26. The van der Waals surface area contributed by atoms with E-state index in [9.17, 15) is 12.8 Å². The summed E-state index contributed by atoms with van der Waals surface area (Å²) in [5, 5.41) is 0.398. The third kappa shape index (κ3) is 5.67. The van der Waals surface area contributed by atoms with Crippen LogP contribution in [0.25, 0.3) is 0 Å². The van der Waals surface area contributed by atoms with E-state index < -0.39 is 10.0 Å². The smallest absolute Gasteiger partial charge is 0.243 e. The van der Waals surface area contributed by atoms with E-state index in [2.05, 4.69) is 0 Å². The molecule has 1 fully saturated rings. The fourth-order valence-corrected chi connectivity index (χ4v) is 4.63. The maximum atomic E-state index is 13.9. The Morgan fingerprint density at radius 1 is 1.17 bits per heavy atom. The molecule has 1 aliphatic rings. The van der Waals surface area contributed by atoms with Crippen LogP contribution in [0.5, 0.6) is 5.75 Å². The van der Waals surface area contributed by atoms with Gasteiger partial charge in [-0.3, -0.25) is 4.90 Å². The molecule has 0 aliphatic carbocycles. The Hall–Kier alpha value is -1.71. The van der Waals surface area contributed by atoms with Gasteiger partial charge in [0.25, 0.3) is 0 Å². The van der Waals surface area contributed by atoms with Crippen LogP contribution < -0.4 is 4.74 Å². The van der Waals surface area contributed by atoms with Crippen molar-refractivity contribution in [2.24, 2.45) is 0 Å². The van der Waals surface area contributed by atoms with Crippen molar-refractivity contribution in [3.05, 3.63) is 58.9 Å². The summed E-state index contributed by atoms with van der Waals surface area (Å²) in [6, 6.07) is 11.0. The molecule has 1 heterocycles. The van der Waals surface area contributed by atoms with Crippen LogP contribution in [-0.4, -0.2) is 64.1 Å². The maximum Gasteiger partial charge on any atom is 0.243 e. The predicted molar refractivity (Wildman–Crippen MR) is 109 cm³/mol. The van der Waals surface area contributed by atoms with Gasteiger partial charge in [0, 0.05) is 36.8 Å². The number of nitrogens with zero attached hydrogens (tertiary/aromatic N) is 2. The third-order valence-electron chi connectivity index (χ3n) is 4.66. The van der Waals surface area contributed by atoms with Gasteiger partial charge in [0.1, 0.15) is 18.2 Å². The first-order chi connectivity index (χ1) is 13.9. The molecule has 0 atom stereocenters. The van der Waals surface area contributed by atoms with Gasteiger partial charge in [-0.1, -0.05) is 17.7 Å². The molecule has 9 heteroatoms. The van der Waals surface area contributed by atoms with E-state index in [-0.39, 0.29) is 10.7 Å². The molecule has 2 aromatic rings. The summed E-state index contributed by atoms with van der Waals surface area (Å²) < 4.78 is 51.4. The molecule has 6 nitrogen and oxygen atoms in total. The Balaban J connectivity index is 1.51. The molecule has 1 aliphatic heterocycles. The second-order valence-corrected chi connectivity index (χ2v) is 9.12. The topological polar surface area (TPSA) is 59.1 Å². The second kappa shape index (κ2) is 9.86. The molecule has 0 N–H and O–H groups in total. The van der Waals surface area contributed by atoms with E-state index in [0.29, 0.717) is 62.3 Å². The lowest BCUT2D eigenvalue weighted by molar-refractivity contribution is 0.0730. The highest BCUT2D eigenvalue weighted by Gasteiger charge is 2.26. The van der Waals surface area contributed by atoms with Gasteiger partial charge in [0.15, 0.2) is 0 Å². The van der Waals surface area contributed by atoms with Crippen LogP contribution >= 0.6 is 11.6 Å². The van der Waals surface area contributed by atoms with Crippen LogP contribution in [-0.2, 0) is 21.3 Å². The van der Waals surface area contributed by atoms with Gasteiger partial charge in [-0.25, -0.2) is 12.8 Å². The number of hydrogen-bond acceptors (Lipinski definition) is 5. The van der Waals surface area contributed by atoms with Crippen molar-refractivity contribution in [3.63, 3.8) is 0 Å². The number of ether oxygens (including phenoxy) is 2. The molecular formula is C20H24ClFN2O4S. The van der Waals surface area contributed by atoms with Crippen LogP contribution in [0.3, 0.4) is 0 Å². The molecule has 2 aromatic carbocycles. The van der Waals surface area contributed by atoms with E-state index in [1.54, 1.807) is 36.4 Å². The summed E-state index contributed by atoms with van der Waals surface area (Å²) in [7, 11) is -1.66. The molecule has 0 amide bonds. The van der Waals surface area contributed by atoms with Crippen molar-refractivity contribution < 1.29 is 22.3 Å². The zero-order valence-electron chi connectivity index (χ0n) is 16.2. The Labute approximate surface area is 175 Å². The summed E-state index contributed by atoms with van der Waals surface area (Å²) >= 11 is 6.05. The monoisotopic (exact) mass is 442 g/mol.